The molecule has 0 amide bonds. The van der Waals surface area contributed by atoms with Crippen LogP contribution in [0, 0.1) is 0 Å². The molecule has 0 fully saturated rings. The smallest absolute Gasteiger partial charge is 0.0317 e. The molecule has 0 unspecified atom stereocenters. The summed E-state index contributed by atoms with van der Waals surface area (Å²) in [6.07, 6.45) is 14.8. The van der Waals surface area contributed by atoms with E-state index >= 15 is 0 Å². The highest BCUT2D eigenvalue weighted by atomic mass is 14.1. The van der Waals surface area contributed by atoms with Gasteiger partial charge in [-0.3, -0.25) is 0 Å². The van der Waals surface area contributed by atoms with Crippen LogP contribution in [0.2, 0.25) is 0 Å². The second-order valence-corrected chi connectivity index (χ2v) is 4.64. The Kier molecular flexibility index (Phi) is 5.45. The minimum Gasteiger partial charge on any atom is -0.0845 e. The molecule has 0 heterocycles. The van der Waals surface area contributed by atoms with E-state index in [-0.39, 0.29) is 0 Å². The Balaban J connectivity index is 2.77. The van der Waals surface area contributed by atoms with Crippen molar-refractivity contribution >= 4 is 0 Å². The number of rotatable bonds is 0. The minimum absolute atomic E-state index is 1.24. The van der Waals surface area contributed by atoms with Gasteiger partial charge in [-0.05, 0) is 57.6 Å². The quantitative estimate of drug-likeness (QED) is 0.510. The Labute approximate surface area is 94.8 Å². The largest absolute Gasteiger partial charge is 0.0845 e. The maximum atomic E-state index is 2.30. The first-order valence-electron chi connectivity index (χ1n) is 6.22. The fourth-order valence-electron chi connectivity index (χ4n) is 1.96. The van der Waals surface area contributed by atoms with E-state index in [1.165, 1.54) is 49.7 Å². The Morgan fingerprint density at radius 3 is 2.47 bits per heavy atom. The second-order valence-electron chi connectivity index (χ2n) is 4.64. The second kappa shape index (κ2) is 6.66. The monoisotopic (exact) mass is 204 g/mol. The molecule has 0 aromatic carbocycles. The first kappa shape index (κ1) is 12.3. The lowest BCUT2D eigenvalue weighted by atomic mass is 9.98. The Bertz CT molecular complexity index is 276. The topological polar surface area (TPSA) is 0 Å². The van der Waals surface area contributed by atoms with Crippen LogP contribution in [0.15, 0.2) is 34.9 Å². The van der Waals surface area contributed by atoms with Crippen molar-refractivity contribution in [2.75, 3.05) is 0 Å². The Morgan fingerprint density at radius 2 is 1.67 bits per heavy atom. The van der Waals surface area contributed by atoms with E-state index in [1.807, 2.05) is 0 Å². The molecule has 1 aliphatic rings. The van der Waals surface area contributed by atoms with E-state index in [0.29, 0.717) is 0 Å². The molecule has 1 aliphatic carbocycles. The van der Waals surface area contributed by atoms with Gasteiger partial charge in [0.15, 0.2) is 0 Å². The van der Waals surface area contributed by atoms with Crippen molar-refractivity contribution in [3.05, 3.63) is 34.9 Å². The van der Waals surface area contributed by atoms with Crippen molar-refractivity contribution in [2.24, 2.45) is 0 Å². The molecule has 0 nitrogen and oxygen atoms in total. The number of hydrogen-bond acceptors (Lipinski definition) is 0. The Morgan fingerprint density at radius 1 is 0.933 bits per heavy atom. The zero-order valence-corrected chi connectivity index (χ0v) is 10.5. The summed E-state index contributed by atoms with van der Waals surface area (Å²) in [5.74, 6) is 0. The van der Waals surface area contributed by atoms with Gasteiger partial charge in [0.25, 0.3) is 0 Å². The van der Waals surface area contributed by atoms with Crippen molar-refractivity contribution in [1.82, 2.24) is 0 Å². The molecule has 84 valence electrons. The van der Waals surface area contributed by atoms with Crippen LogP contribution in [0.25, 0.3) is 0 Å². The van der Waals surface area contributed by atoms with E-state index < -0.39 is 0 Å². The van der Waals surface area contributed by atoms with Gasteiger partial charge in [0, 0.05) is 0 Å². The summed E-state index contributed by atoms with van der Waals surface area (Å²) in [5.41, 5.74) is 4.47. The van der Waals surface area contributed by atoms with Crippen molar-refractivity contribution in [3.8, 4) is 0 Å². The van der Waals surface area contributed by atoms with E-state index in [4.69, 9.17) is 0 Å². The third kappa shape index (κ3) is 4.51. The number of hydrogen-bond donors (Lipinski definition) is 0. The normalized spacial score (nSPS) is 20.6. The van der Waals surface area contributed by atoms with Gasteiger partial charge in [0.1, 0.15) is 0 Å². The summed E-state index contributed by atoms with van der Waals surface area (Å²) in [4.78, 5) is 0. The predicted molar refractivity (Wildman–Crippen MR) is 69.0 cm³/mol. The van der Waals surface area contributed by atoms with Crippen LogP contribution in [0.4, 0.5) is 0 Å². The lowest BCUT2D eigenvalue weighted by molar-refractivity contribution is 0.642. The van der Waals surface area contributed by atoms with Crippen LogP contribution in [0.5, 0.6) is 0 Å². The summed E-state index contributed by atoms with van der Waals surface area (Å²) < 4.78 is 0. The molecule has 0 atom stereocenters. The van der Waals surface area contributed by atoms with Crippen LogP contribution in [-0.4, -0.2) is 0 Å². The van der Waals surface area contributed by atoms with E-state index in [2.05, 4.69) is 39.0 Å². The molecule has 0 heteroatoms. The predicted octanol–water partition coefficient (Wildman–Crippen LogP) is 5.18. The molecule has 0 saturated carbocycles. The molecule has 0 saturated heterocycles. The lowest BCUT2D eigenvalue weighted by Gasteiger charge is -2.09. The average molecular weight is 204 g/mol. The molecule has 0 spiro atoms. The molecular formula is C15H24. The van der Waals surface area contributed by atoms with Crippen LogP contribution in [0.1, 0.15) is 59.3 Å². The third-order valence-corrected chi connectivity index (χ3v) is 3.39. The van der Waals surface area contributed by atoms with Gasteiger partial charge in [-0.1, -0.05) is 36.6 Å². The highest BCUT2D eigenvalue weighted by Gasteiger charge is 2.00. The highest BCUT2D eigenvalue weighted by Crippen LogP contribution is 2.20. The van der Waals surface area contributed by atoms with Crippen LogP contribution in [0.3, 0.4) is 0 Å². The maximum absolute atomic E-state index is 2.30. The first-order valence-corrected chi connectivity index (χ1v) is 6.22. The maximum Gasteiger partial charge on any atom is -0.0317 e. The molecule has 1 rings (SSSR count). The molecule has 0 aliphatic heterocycles. The van der Waals surface area contributed by atoms with Gasteiger partial charge in [0.2, 0.25) is 0 Å². The molecule has 0 radical (unpaired) electrons. The van der Waals surface area contributed by atoms with Crippen LogP contribution < -0.4 is 0 Å². The first-order chi connectivity index (χ1) is 7.22. The zero-order valence-electron chi connectivity index (χ0n) is 10.5. The summed E-state index contributed by atoms with van der Waals surface area (Å²) >= 11 is 0. The summed E-state index contributed by atoms with van der Waals surface area (Å²) in [6.45, 7) is 6.75. The van der Waals surface area contributed by atoms with E-state index in [0.717, 1.165) is 0 Å². The summed E-state index contributed by atoms with van der Waals surface area (Å²) in [7, 11) is 0. The van der Waals surface area contributed by atoms with Crippen molar-refractivity contribution in [1.29, 1.82) is 0 Å². The molecular weight excluding hydrogens is 180 g/mol. The van der Waals surface area contributed by atoms with Gasteiger partial charge < -0.3 is 0 Å². The van der Waals surface area contributed by atoms with Crippen molar-refractivity contribution < 1.29 is 0 Å². The average Bonchev–Trinajstić information content (AvgIpc) is 2.23. The molecule has 0 N–H and O–H groups in total. The Hall–Kier alpha value is -0.780. The van der Waals surface area contributed by atoms with Gasteiger partial charge >= 0.3 is 0 Å². The molecule has 15 heavy (non-hydrogen) atoms. The third-order valence-electron chi connectivity index (χ3n) is 3.39. The van der Waals surface area contributed by atoms with Crippen molar-refractivity contribution in [3.63, 3.8) is 0 Å². The van der Waals surface area contributed by atoms with Gasteiger partial charge in [-0.25, -0.2) is 0 Å². The number of allylic oxidation sites excluding steroid dienone is 6. The SMILES string of the molecule is CC1=CC=CCCCCCCC(C)=C1C. The van der Waals surface area contributed by atoms with Crippen molar-refractivity contribution in [2.45, 2.75) is 59.3 Å². The summed E-state index contributed by atoms with van der Waals surface area (Å²) in [5, 5.41) is 0. The highest BCUT2D eigenvalue weighted by molar-refractivity contribution is 5.33. The standard InChI is InChI=1S/C15H24/c1-13-11-9-7-5-4-6-8-10-12-14(2)15(13)3/h7,9,11H,4-6,8,10,12H2,1-3H3. The fourth-order valence-corrected chi connectivity index (χ4v) is 1.96. The van der Waals surface area contributed by atoms with Crippen LogP contribution in [-0.2, 0) is 0 Å². The molecule has 0 aromatic heterocycles. The lowest BCUT2D eigenvalue weighted by Crippen LogP contribution is -1.89. The molecule has 0 aromatic rings. The van der Waals surface area contributed by atoms with Gasteiger partial charge in [0.05, 0.1) is 0 Å². The molecule has 0 bridgehead atoms. The van der Waals surface area contributed by atoms with E-state index in [9.17, 15) is 0 Å². The minimum atomic E-state index is 1.24. The fraction of sp³-hybridized carbons (Fsp3) is 0.600. The summed E-state index contributed by atoms with van der Waals surface area (Å²) in [6, 6.07) is 0. The van der Waals surface area contributed by atoms with Crippen LogP contribution >= 0.6 is 0 Å². The van der Waals surface area contributed by atoms with Gasteiger partial charge in [-0.15, -0.1) is 0 Å². The van der Waals surface area contributed by atoms with E-state index in [1.54, 1.807) is 5.57 Å². The van der Waals surface area contributed by atoms with Gasteiger partial charge in [-0.2, -0.15) is 0 Å². The zero-order chi connectivity index (χ0) is 11.1.